The lowest BCUT2D eigenvalue weighted by Gasteiger charge is -2.24. The molecular formula is C12H19BN2O2. The first-order chi connectivity index (χ1) is 8.24. The van der Waals surface area contributed by atoms with E-state index in [-0.39, 0.29) is 7.33 Å². The van der Waals surface area contributed by atoms with Crippen LogP contribution in [-0.4, -0.2) is 24.8 Å². The highest BCUT2D eigenvalue weighted by Gasteiger charge is 2.26. The Labute approximate surface area is 105 Å². The number of carbonyl (C=O) groups excluding carboxylic acids is 1. The van der Waals surface area contributed by atoms with Gasteiger partial charge in [-0.15, -0.1) is 0 Å². The van der Waals surface area contributed by atoms with Gasteiger partial charge in [-0.3, -0.25) is 4.79 Å². The van der Waals surface area contributed by atoms with Gasteiger partial charge < -0.3 is 10.1 Å². The molecule has 1 N–H and O–H groups in total. The summed E-state index contributed by atoms with van der Waals surface area (Å²) < 4.78 is 5.43. The number of carbonyl (C=O) groups is 1. The molecule has 2 rings (SSSR count). The number of rotatable bonds is 2. The molecule has 92 valence electrons. The fourth-order valence-electron chi connectivity index (χ4n) is 1.46. The molecule has 0 aromatic carbocycles. The first kappa shape index (κ1) is 13.5. The van der Waals surface area contributed by atoms with Gasteiger partial charge in [0.15, 0.2) is 6.10 Å². The highest BCUT2D eigenvalue weighted by atomic mass is 16.5. The zero-order chi connectivity index (χ0) is 12.8. The number of anilines is 1. The van der Waals surface area contributed by atoms with E-state index in [0.717, 1.165) is 5.56 Å². The smallest absolute Gasteiger partial charge is 0.265 e. The van der Waals surface area contributed by atoms with Crippen LogP contribution in [0.1, 0.15) is 34.2 Å². The average molecular weight is 234 g/mol. The zero-order valence-corrected chi connectivity index (χ0v) is 10.5. The maximum Gasteiger partial charge on any atom is 0.265 e. The minimum atomic E-state index is -0.436. The predicted molar refractivity (Wildman–Crippen MR) is 70.5 cm³/mol. The normalized spacial score (nSPS) is 17.1. The molecule has 0 saturated heterocycles. The number of amides is 1. The fourth-order valence-corrected chi connectivity index (χ4v) is 1.46. The van der Waals surface area contributed by atoms with Crippen LogP contribution >= 0.6 is 0 Å². The Morgan fingerprint density at radius 2 is 2.29 bits per heavy atom. The van der Waals surface area contributed by atoms with Crippen LogP contribution < -0.4 is 10.1 Å². The van der Waals surface area contributed by atoms with E-state index in [1.165, 1.54) is 0 Å². The molecule has 1 aliphatic heterocycles. The number of hydrogen-bond donors (Lipinski definition) is 1. The largest absolute Gasteiger partial charge is 0.463 e. The van der Waals surface area contributed by atoms with Crippen molar-refractivity contribution in [2.75, 3.05) is 5.32 Å². The Morgan fingerprint density at radius 3 is 2.88 bits per heavy atom. The van der Waals surface area contributed by atoms with E-state index >= 15 is 0 Å². The van der Waals surface area contributed by atoms with E-state index in [0.29, 0.717) is 24.3 Å². The number of nitrogens with one attached hydrogen (secondary N) is 1. The quantitative estimate of drug-likeness (QED) is 0.797. The molecular weight excluding hydrogens is 215 g/mol. The van der Waals surface area contributed by atoms with Crippen molar-refractivity contribution in [2.45, 2.75) is 39.6 Å². The molecule has 5 heteroatoms. The molecule has 1 aromatic rings. The summed E-state index contributed by atoms with van der Waals surface area (Å²) >= 11 is 0. The number of hydrogen-bond acceptors (Lipinski definition) is 3. The van der Waals surface area contributed by atoms with Gasteiger partial charge in [0.05, 0.1) is 7.85 Å². The summed E-state index contributed by atoms with van der Waals surface area (Å²) in [7, 11) is 5.48. The Morgan fingerprint density at radius 1 is 1.59 bits per heavy atom. The van der Waals surface area contributed by atoms with Gasteiger partial charge in [0.2, 0.25) is 5.88 Å². The summed E-state index contributed by atoms with van der Waals surface area (Å²) in [6.07, 6.45) is 2.25. The van der Waals surface area contributed by atoms with Crippen molar-refractivity contribution < 1.29 is 11.0 Å². The van der Waals surface area contributed by atoms with Crippen molar-refractivity contribution in [1.82, 2.24) is 4.98 Å². The molecule has 2 heterocycles. The second kappa shape index (κ2) is 6.28. The number of aromatic nitrogens is 1. The van der Waals surface area contributed by atoms with Gasteiger partial charge in [-0.2, -0.15) is 0 Å². The Hall–Kier alpha value is -1.52. The van der Waals surface area contributed by atoms with Crippen molar-refractivity contribution in [2.24, 2.45) is 0 Å². The molecule has 0 saturated carbocycles. The van der Waals surface area contributed by atoms with Gasteiger partial charge in [-0.1, -0.05) is 27.1 Å². The summed E-state index contributed by atoms with van der Waals surface area (Å²) in [4.78, 5) is 15.6. The van der Waals surface area contributed by atoms with E-state index in [1.54, 1.807) is 12.3 Å². The van der Waals surface area contributed by atoms with Crippen LogP contribution in [0.3, 0.4) is 0 Å². The molecule has 2 radical (unpaired) electrons. The van der Waals surface area contributed by atoms with Gasteiger partial charge >= 0.3 is 0 Å². The van der Waals surface area contributed by atoms with Crippen LogP contribution in [0.25, 0.3) is 0 Å². The number of ether oxygens (including phenoxy) is 1. The lowest BCUT2D eigenvalue weighted by Crippen LogP contribution is -2.36. The molecule has 0 bridgehead atoms. The summed E-state index contributed by atoms with van der Waals surface area (Å²) in [6, 6.07) is 1.78. The molecule has 0 aliphatic carbocycles. The molecule has 1 aliphatic rings. The molecule has 17 heavy (non-hydrogen) atoms. The van der Waals surface area contributed by atoms with Gasteiger partial charge in [-0.05, 0) is 18.1 Å². The van der Waals surface area contributed by atoms with Gasteiger partial charge in [0.1, 0.15) is 5.69 Å². The molecule has 0 spiro atoms. The van der Waals surface area contributed by atoms with Crippen LogP contribution in [0, 0.1) is 0 Å². The topological polar surface area (TPSA) is 51.2 Å². The van der Waals surface area contributed by atoms with E-state index < -0.39 is 6.10 Å². The molecule has 1 atom stereocenters. The van der Waals surface area contributed by atoms with Crippen molar-refractivity contribution in [3.05, 3.63) is 17.8 Å². The maximum atomic E-state index is 11.5. The predicted octanol–water partition coefficient (Wildman–Crippen LogP) is 2.13. The highest BCUT2D eigenvalue weighted by molar-refractivity contribution is 6.08. The van der Waals surface area contributed by atoms with Gasteiger partial charge in [0.25, 0.3) is 5.91 Å². The molecule has 4 nitrogen and oxygen atoms in total. The van der Waals surface area contributed by atoms with Crippen LogP contribution in [0.2, 0.25) is 0 Å². The highest BCUT2D eigenvalue weighted by Crippen LogP contribution is 2.28. The minimum Gasteiger partial charge on any atom is -0.463 e. The number of nitrogens with zero attached hydrogens (tertiary/aromatic N) is 1. The molecule has 1 unspecified atom stereocenters. The minimum absolute atomic E-state index is 0. The van der Waals surface area contributed by atoms with Crippen LogP contribution in [0.4, 0.5) is 5.69 Å². The van der Waals surface area contributed by atoms with Crippen molar-refractivity contribution >= 4 is 19.4 Å². The van der Waals surface area contributed by atoms with Crippen molar-refractivity contribution in [3.8, 4) is 5.88 Å². The average Bonchev–Trinajstić information content (AvgIpc) is 2.39. The number of fused-ring (bicyclic) bond motifs is 1. The van der Waals surface area contributed by atoms with Crippen LogP contribution in [0.15, 0.2) is 12.3 Å². The lowest BCUT2D eigenvalue weighted by atomic mass is 9.98. The summed E-state index contributed by atoms with van der Waals surface area (Å²) in [6.45, 7) is 5.89. The molecule has 0 fully saturated rings. The van der Waals surface area contributed by atoms with Crippen LogP contribution in [0.5, 0.6) is 5.88 Å². The zero-order valence-electron chi connectivity index (χ0n) is 10.5. The molecule has 1 aromatic heterocycles. The first-order valence-corrected chi connectivity index (χ1v) is 5.91. The van der Waals surface area contributed by atoms with Gasteiger partial charge in [0, 0.05) is 7.62 Å². The summed E-state index contributed by atoms with van der Waals surface area (Å²) in [5, 5.41) is 2.75. The third kappa shape index (κ3) is 2.99. The monoisotopic (exact) mass is 234 g/mol. The summed E-state index contributed by atoms with van der Waals surface area (Å²) in [5.74, 6) is 0.347. The summed E-state index contributed by atoms with van der Waals surface area (Å²) in [5.41, 5.74) is 1.47. The Balaban J connectivity index is 0.000000917. The van der Waals surface area contributed by atoms with Crippen molar-refractivity contribution in [3.63, 3.8) is 0 Å². The number of pyridine rings is 1. The fraction of sp³-hybridized carbons (Fsp3) is 0.500. The van der Waals surface area contributed by atoms with Crippen molar-refractivity contribution in [1.29, 1.82) is 0 Å². The lowest BCUT2D eigenvalue weighted by molar-refractivity contribution is -0.123. The van der Waals surface area contributed by atoms with E-state index in [2.05, 4.69) is 10.3 Å². The second-order valence-corrected chi connectivity index (χ2v) is 3.40. The van der Waals surface area contributed by atoms with Crippen LogP contribution in [-0.2, 0) is 11.1 Å². The van der Waals surface area contributed by atoms with E-state index in [9.17, 15) is 4.79 Å². The Bertz CT molecular complexity index is 402. The third-order valence-corrected chi connectivity index (χ3v) is 2.32. The maximum absolute atomic E-state index is 11.5. The van der Waals surface area contributed by atoms with E-state index in [1.807, 2.05) is 20.8 Å². The standard InChI is InChI=1S/C10H11BN2O2.C2H6.H2/c1-2-8-9(14)13-7-3-6(4-11)5-12-10(7)15-8;1-2;/h3,5,8H,2,4H2,1H3,(H,13,14);1-2H3;1H. The third-order valence-electron chi connectivity index (χ3n) is 2.32. The Kier molecular flexibility index (Phi) is 5.00. The SMILES string of the molecule is CC.[B]Cc1cnc2c(c1)NC(=O)C(CC)O2.[HH]. The molecule has 1 amide bonds. The van der Waals surface area contributed by atoms with E-state index in [4.69, 9.17) is 12.6 Å². The van der Waals surface area contributed by atoms with Gasteiger partial charge in [-0.25, -0.2) is 4.98 Å². The first-order valence-electron chi connectivity index (χ1n) is 5.91. The second-order valence-electron chi connectivity index (χ2n) is 3.40.